The first-order valence-corrected chi connectivity index (χ1v) is 3.17. The normalized spacial score (nSPS) is 9.27. The molecule has 0 spiro atoms. The van der Waals surface area contributed by atoms with E-state index < -0.39 is 5.97 Å². The number of hydrogen-bond donors (Lipinski definition) is 0. The summed E-state index contributed by atoms with van der Waals surface area (Å²) in [5.41, 5.74) is 1.04. The van der Waals surface area contributed by atoms with Gasteiger partial charge in [-0.15, -0.1) is 0 Å². The maximum Gasteiger partial charge on any atom is 0.405 e. The van der Waals surface area contributed by atoms with E-state index in [0.29, 0.717) is 11.4 Å². The van der Waals surface area contributed by atoms with E-state index >= 15 is 0 Å². The number of aryl methyl sites for hydroxylation is 1. The van der Waals surface area contributed by atoms with Gasteiger partial charge in [0.15, 0.2) is 6.20 Å². The van der Waals surface area contributed by atoms with Crippen molar-refractivity contribution in [2.75, 3.05) is 7.11 Å². The molecule has 0 amide bonds. The van der Waals surface area contributed by atoms with Crippen LogP contribution in [-0.2, 0) is 4.74 Å². The second-order valence-electron chi connectivity index (χ2n) is 2.04. The molecule has 0 unspecified atom stereocenters. The fourth-order valence-corrected chi connectivity index (χ4v) is 0.747. The molecule has 1 heterocycles. The zero-order valence-electron chi connectivity index (χ0n) is 6.42. The van der Waals surface area contributed by atoms with Crippen molar-refractivity contribution >= 4 is 5.97 Å². The molecular weight excluding hydrogens is 144 g/mol. The molecular formula is C7H9N2O2+. The highest BCUT2D eigenvalue weighted by Crippen LogP contribution is 1.96. The van der Waals surface area contributed by atoms with Gasteiger partial charge in [0.05, 0.1) is 13.3 Å². The molecule has 1 aromatic rings. The number of ether oxygens (including phenoxy) is 1. The molecule has 0 aromatic carbocycles. The van der Waals surface area contributed by atoms with Crippen LogP contribution in [0.2, 0.25) is 0 Å². The maximum absolute atomic E-state index is 10.9. The number of methoxy groups -OCH3 is 1. The summed E-state index contributed by atoms with van der Waals surface area (Å²) in [7, 11) is 1.34. The lowest BCUT2D eigenvalue weighted by molar-refractivity contribution is -0.385. The Hall–Kier alpha value is -1.45. The van der Waals surface area contributed by atoms with Gasteiger partial charge < -0.3 is 4.74 Å². The van der Waals surface area contributed by atoms with Crippen molar-refractivity contribution in [1.82, 2.24) is 4.98 Å². The van der Waals surface area contributed by atoms with Crippen molar-refractivity contribution in [2.24, 2.45) is 0 Å². The molecule has 1 N–H and O–H groups in total. The highest BCUT2D eigenvalue weighted by molar-refractivity contribution is 5.86. The van der Waals surface area contributed by atoms with E-state index in [-0.39, 0.29) is 0 Å². The van der Waals surface area contributed by atoms with Crippen molar-refractivity contribution in [2.45, 2.75) is 6.92 Å². The van der Waals surface area contributed by atoms with Crippen LogP contribution in [0.25, 0.3) is 0 Å². The summed E-state index contributed by atoms with van der Waals surface area (Å²) in [5.74, 6) is -0.393. The van der Waals surface area contributed by atoms with E-state index in [1.54, 1.807) is 19.3 Å². The fraction of sp³-hybridized carbons (Fsp3) is 0.286. The predicted octanol–water partition coefficient (Wildman–Crippen LogP) is -0.00928. The highest BCUT2D eigenvalue weighted by atomic mass is 16.5. The molecule has 11 heavy (non-hydrogen) atoms. The van der Waals surface area contributed by atoms with Crippen LogP contribution < -0.4 is 4.98 Å². The summed E-state index contributed by atoms with van der Waals surface area (Å²) in [5, 5.41) is 0. The van der Waals surface area contributed by atoms with Crippen LogP contribution in [0.1, 0.15) is 16.2 Å². The molecule has 0 aliphatic rings. The summed E-state index contributed by atoms with van der Waals surface area (Å²) in [6.07, 6.45) is 3.17. The molecule has 0 atom stereocenters. The zero-order chi connectivity index (χ0) is 8.27. The minimum atomic E-state index is -0.393. The Labute approximate surface area is 64.2 Å². The minimum absolute atomic E-state index is 0.393. The van der Waals surface area contributed by atoms with Crippen LogP contribution in [0.4, 0.5) is 0 Å². The largest absolute Gasteiger partial charge is 0.461 e. The molecule has 1 aromatic heterocycles. The first-order chi connectivity index (χ1) is 5.25. The number of nitrogens with zero attached hydrogens (tertiary/aromatic N) is 1. The highest BCUT2D eigenvalue weighted by Gasteiger charge is 2.16. The number of H-pyrrole nitrogens is 1. The Balaban J connectivity index is 3.03. The van der Waals surface area contributed by atoms with E-state index in [1.165, 1.54) is 7.11 Å². The molecule has 1 rings (SSSR count). The second kappa shape index (κ2) is 3.09. The lowest BCUT2D eigenvalue weighted by Crippen LogP contribution is -2.20. The number of hydrogen-bond acceptors (Lipinski definition) is 3. The van der Waals surface area contributed by atoms with Gasteiger partial charge in [-0.3, -0.25) is 0 Å². The minimum Gasteiger partial charge on any atom is -0.461 e. The number of aromatic amines is 1. The molecule has 0 radical (unpaired) electrons. The van der Waals surface area contributed by atoms with Gasteiger partial charge in [0.2, 0.25) is 0 Å². The molecule has 4 heteroatoms. The number of carbonyl (C=O) groups excluding carboxylic acids is 1. The Kier molecular flexibility index (Phi) is 2.15. The third-order valence-corrected chi connectivity index (χ3v) is 1.32. The summed E-state index contributed by atoms with van der Waals surface area (Å²) >= 11 is 0. The van der Waals surface area contributed by atoms with Crippen molar-refractivity contribution in [3.8, 4) is 0 Å². The molecule has 0 saturated heterocycles. The van der Waals surface area contributed by atoms with E-state index in [9.17, 15) is 4.79 Å². The van der Waals surface area contributed by atoms with Crippen LogP contribution in [0.5, 0.6) is 0 Å². The van der Waals surface area contributed by atoms with Gasteiger partial charge in [-0.25, -0.2) is 14.8 Å². The predicted molar refractivity (Wildman–Crippen MR) is 36.9 cm³/mol. The Morgan fingerprint density at radius 2 is 2.45 bits per heavy atom. The summed E-state index contributed by atoms with van der Waals surface area (Å²) in [6.45, 7) is 1.74. The van der Waals surface area contributed by atoms with Crippen LogP contribution in [-0.4, -0.2) is 18.1 Å². The molecule has 0 saturated carbocycles. The van der Waals surface area contributed by atoms with Gasteiger partial charge in [-0.2, -0.15) is 0 Å². The summed E-state index contributed by atoms with van der Waals surface area (Å²) in [6, 6.07) is 0. The quantitative estimate of drug-likeness (QED) is 0.533. The third-order valence-electron chi connectivity index (χ3n) is 1.32. The molecule has 0 aliphatic heterocycles. The number of nitrogens with one attached hydrogen (secondary N) is 1. The van der Waals surface area contributed by atoms with Crippen molar-refractivity contribution < 1.29 is 14.5 Å². The SMILES string of the molecule is COC(=O)c1[nH+]ccnc1C. The van der Waals surface area contributed by atoms with E-state index in [1.807, 2.05) is 0 Å². The van der Waals surface area contributed by atoms with E-state index in [2.05, 4.69) is 14.7 Å². The topological polar surface area (TPSA) is 53.3 Å². The summed E-state index contributed by atoms with van der Waals surface area (Å²) in [4.78, 5) is 17.6. The van der Waals surface area contributed by atoms with E-state index in [0.717, 1.165) is 0 Å². The smallest absolute Gasteiger partial charge is 0.405 e. The van der Waals surface area contributed by atoms with Crippen LogP contribution in [0.3, 0.4) is 0 Å². The van der Waals surface area contributed by atoms with Gasteiger partial charge in [-0.1, -0.05) is 0 Å². The summed E-state index contributed by atoms with van der Waals surface area (Å²) < 4.78 is 4.51. The number of esters is 1. The maximum atomic E-state index is 10.9. The Bertz CT molecular complexity index is 273. The van der Waals surface area contributed by atoms with Crippen molar-refractivity contribution in [3.63, 3.8) is 0 Å². The number of carbonyl (C=O) groups is 1. The van der Waals surface area contributed by atoms with Gasteiger partial charge in [0.1, 0.15) is 5.69 Å². The van der Waals surface area contributed by atoms with E-state index in [4.69, 9.17) is 0 Å². The molecule has 0 bridgehead atoms. The average Bonchev–Trinajstić information content (AvgIpc) is 2.04. The Morgan fingerprint density at radius 1 is 1.73 bits per heavy atom. The van der Waals surface area contributed by atoms with Gasteiger partial charge in [0.25, 0.3) is 0 Å². The van der Waals surface area contributed by atoms with Crippen LogP contribution >= 0.6 is 0 Å². The molecule has 4 nitrogen and oxygen atoms in total. The second-order valence-corrected chi connectivity index (χ2v) is 2.04. The number of rotatable bonds is 1. The first kappa shape index (κ1) is 7.65. The van der Waals surface area contributed by atoms with Crippen LogP contribution in [0, 0.1) is 6.92 Å². The lowest BCUT2D eigenvalue weighted by Gasteiger charge is -1.93. The zero-order valence-corrected chi connectivity index (χ0v) is 6.42. The molecule has 0 fully saturated rings. The average molecular weight is 153 g/mol. The Morgan fingerprint density at radius 3 is 3.00 bits per heavy atom. The third kappa shape index (κ3) is 1.52. The number of aromatic nitrogens is 2. The van der Waals surface area contributed by atoms with Crippen molar-refractivity contribution in [1.29, 1.82) is 0 Å². The van der Waals surface area contributed by atoms with Gasteiger partial charge in [0, 0.05) is 0 Å². The standard InChI is InChI=1S/C7H8N2O2/c1-5-6(7(10)11-2)9-4-3-8-5/h3-4H,1-2H3/p+1. The van der Waals surface area contributed by atoms with Crippen LogP contribution in [0.15, 0.2) is 12.4 Å². The first-order valence-electron chi connectivity index (χ1n) is 3.17. The van der Waals surface area contributed by atoms with Crippen molar-refractivity contribution in [3.05, 3.63) is 23.8 Å². The molecule has 58 valence electrons. The van der Waals surface area contributed by atoms with Gasteiger partial charge >= 0.3 is 11.7 Å². The monoisotopic (exact) mass is 153 g/mol. The van der Waals surface area contributed by atoms with Gasteiger partial charge in [-0.05, 0) is 6.92 Å². The lowest BCUT2D eigenvalue weighted by atomic mass is 10.3. The fourth-order valence-electron chi connectivity index (χ4n) is 0.747. The molecule has 0 aliphatic carbocycles.